The summed E-state index contributed by atoms with van der Waals surface area (Å²) in [5.74, 6) is 0.376. The maximum Gasteiger partial charge on any atom is 0.161 e. The smallest absolute Gasteiger partial charge is 0.161 e. The van der Waals surface area contributed by atoms with Crippen LogP contribution in [0.1, 0.15) is 29.8 Å². The fraction of sp³-hybridized carbons (Fsp3) is 0.150. The van der Waals surface area contributed by atoms with Gasteiger partial charge in [0, 0.05) is 21.8 Å². The van der Waals surface area contributed by atoms with Crippen molar-refractivity contribution in [3.05, 3.63) is 70.2 Å². The zero-order valence-corrected chi connectivity index (χ0v) is 15.7. The van der Waals surface area contributed by atoms with Crippen LogP contribution < -0.4 is 5.73 Å². The fourth-order valence-corrected chi connectivity index (χ4v) is 2.72. The molecular formula is C20H19BrN2O2. The van der Waals surface area contributed by atoms with Crippen molar-refractivity contribution in [1.82, 2.24) is 4.98 Å². The molecule has 3 aromatic rings. The lowest BCUT2D eigenvalue weighted by Gasteiger charge is -2.08. The highest BCUT2D eigenvalue weighted by atomic mass is 79.9. The van der Waals surface area contributed by atoms with E-state index in [0.29, 0.717) is 23.3 Å². The number of pyridine rings is 1. The van der Waals surface area contributed by atoms with Crippen molar-refractivity contribution >= 4 is 44.2 Å². The molecule has 0 spiro atoms. The van der Waals surface area contributed by atoms with Gasteiger partial charge >= 0.3 is 0 Å². The molecule has 4 nitrogen and oxygen atoms in total. The number of carbonyl (C=O) groups excluding carboxylic acids is 2. The predicted octanol–water partition coefficient (Wildman–Crippen LogP) is 4.60. The third kappa shape index (κ3) is 5.22. The van der Waals surface area contributed by atoms with Gasteiger partial charge in [0.2, 0.25) is 0 Å². The molecular weight excluding hydrogens is 380 g/mol. The minimum atomic E-state index is -0.0625. The Hall–Kier alpha value is -2.53. The summed E-state index contributed by atoms with van der Waals surface area (Å²) < 4.78 is 1.13. The van der Waals surface area contributed by atoms with Crippen molar-refractivity contribution in [3.8, 4) is 0 Å². The van der Waals surface area contributed by atoms with Crippen molar-refractivity contribution in [3.63, 3.8) is 0 Å². The minimum absolute atomic E-state index is 0.0625. The maximum atomic E-state index is 11.6. The summed E-state index contributed by atoms with van der Waals surface area (Å²) in [6.07, 6.45) is 0.334. The summed E-state index contributed by atoms with van der Waals surface area (Å²) in [7, 11) is 0. The van der Waals surface area contributed by atoms with Crippen LogP contribution in [-0.4, -0.2) is 16.6 Å². The molecule has 5 heteroatoms. The molecule has 0 saturated carbocycles. The van der Waals surface area contributed by atoms with Crippen molar-refractivity contribution in [2.75, 3.05) is 5.73 Å². The Morgan fingerprint density at radius 2 is 1.68 bits per heavy atom. The Balaban J connectivity index is 0.000000269. The molecule has 0 saturated heterocycles. The topological polar surface area (TPSA) is 73.0 Å². The second kappa shape index (κ2) is 8.53. The molecule has 2 N–H and O–H groups in total. The Morgan fingerprint density at radius 3 is 2.20 bits per heavy atom. The summed E-state index contributed by atoms with van der Waals surface area (Å²) in [6.45, 7) is 3.03. The second-order valence-electron chi connectivity index (χ2n) is 5.64. The van der Waals surface area contributed by atoms with Crippen LogP contribution in [-0.2, 0) is 11.2 Å². The van der Waals surface area contributed by atoms with Crippen LogP contribution in [0.5, 0.6) is 0 Å². The number of nitrogens with two attached hydrogens (primary N) is 1. The molecule has 0 fully saturated rings. The predicted molar refractivity (Wildman–Crippen MR) is 105 cm³/mol. The summed E-state index contributed by atoms with van der Waals surface area (Å²) in [6, 6.07) is 17.0. The van der Waals surface area contributed by atoms with E-state index in [1.54, 1.807) is 18.2 Å². The Morgan fingerprint density at radius 1 is 1.00 bits per heavy atom. The number of hydrogen-bond donors (Lipinski definition) is 1. The van der Waals surface area contributed by atoms with Crippen molar-refractivity contribution < 1.29 is 9.59 Å². The molecule has 0 aliphatic carbocycles. The highest BCUT2D eigenvalue weighted by molar-refractivity contribution is 9.10. The number of hydrogen-bond acceptors (Lipinski definition) is 4. The van der Waals surface area contributed by atoms with Crippen LogP contribution in [0.2, 0.25) is 0 Å². The first-order chi connectivity index (χ1) is 11.9. The maximum absolute atomic E-state index is 11.6. The van der Waals surface area contributed by atoms with E-state index in [4.69, 9.17) is 5.73 Å². The summed E-state index contributed by atoms with van der Waals surface area (Å²) in [5.41, 5.74) is 7.63. The van der Waals surface area contributed by atoms with Crippen molar-refractivity contribution in [1.29, 1.82) is 0 Å². The van der Waals surface area contributed by atoms with Gasteiger partial charge in [-0.3, -0.25) is 9.59 Å². The molecule has 1 aromatic heterocycles. The number of halogens is 1. The summed E-state index contributed by atoms with van der Waals surface area (Å²) in [4.78, 5) is 27.0. The van der Waals surface area contributed by atoms with E-state index in [2.05, 4.69) is 20.9 Å². The fourth-order valence-electron chi connectivity index (χ4n) is 2.41. The van der Waals surface area contributed by atoms with Gasteiger partial charge in [-0.15, -0.1) is 0 Å². The number of aromatic nitrogens is 1. The molecule has 0 amide bonds. The van der Waals surface area contributed by atoms with Crippen LogP contribution in [0, 0.1) is 0 Å². The van der Waals surface area contributed by atoms with Gasteiger partial charge in [0.05, 0.1) is 5.52 Å². The van der Waals surface area contributed by atoms with Gasteiger partial charge < -0.3 is 5.73 Å². The number of fused-ring (bicyclic) bond motifs is 1. The third-order valence-corrected chi connectivity index (χ3v) is 4.05. The lowest BCUT2D eigenvalue weighted by atomic mass is 9.98. The molecule has 0 unspecified atom stereocenters. The van der Waals surface area contributed by atoms with Gasteiger partial charge in [0.1, 0.15) is 11.6 Å². The molecule has 0 bridgehead atoms. The number of anilines is 1. The largest absolute Gasteiger partial charge is 0.384 e. The number of carbonyl (C=O) groups is 2. The van der Waals surface area contributed by atoms with E-state index >= 15 is 0 Å². The zero-order chi connectivity index (χ0) is 18.4. The van der Waals surface area contributed by atoms with Gasteiger partial charge in [-0.2, -0.15) is 0 Å². The summed E-state index contributed by atoms with van der Waals surface area (Å²) in [5, 5.41) is 0.812. The molecule has 1 heterocycles. The highest BCUT2D eigenvalue weighted by Crippen LogP contribution is 2.23. The average molecular weight is 399 g/mol. The first kappa shape index (κ1) is 18.8. The molecule has 3 rings (SSSR count). The SMILES string of the molecule is Brc1ccccc1.CC(=O)Cc1ccc(C(C)=O)c2nc(N)ccc12. The van der Waals surface area contributed by atoms with E-state index in [0.717, 1.165) is 15.4 Å². The van der Waals surface area contributed by atoms with Gasteiger partial charge in [0.15, 0.2) is 5.78 Å². The van der Waals surface area contributed by atoms with Crippen molar-refractivity contribution in [2.24, 2.45) is 0 Å². The van der Waals surface area contributed by atoms with Gasteiger partial charge in [-0.05, 0) is 49.7 Å². The number of Topliss-reactive ketones (excluding diaryl/α,β-unsaturated/α-hetero) is 2. The zero-order valence-electron chi connectivity index (χ0n) is 14.1. The van der Waals surface area contributed by atoms with Gasteiger partial charge in [-0.25, -0.2) is 4.98 Å². The first-order valence-electron chi connectivity index (χ1n) is 7.77. The van der Waals surface area contributed by atoms with E-state index < -0.39 is 0 Å². The number of ketones is 2. The Kier molecular flexibility index (Phi) is 6.42. The molecule has 2 aromatic carbocycles. The molecule has 128 valence electrons. The molecule has 0 aliphatic rings. The molecule has 0 atom stereocenters. The van der Waals surface area contributed by atoms with Gasteiger partial charge in [-0.1, -0.05) is 40.2 Å². The van der Waals surface area contributed by atoms with Crippen LogP contribution >= 0.6 is 15.9 Å². The second-order valence-corrected chi connectivity index (χ2v) is 6.55. The van der Waals surface area contributed by atoms with E-state index in [-0.39, 0.29) is 11.6 Å². The first-order valence-corrected chi connectivity index (χ1v) is 8.57. The van der Waals surface area contributed by atoms with E-state index in [1.165, 1.54) is 13.8 Å². The summed E-state index contributed by atoms with van der Waals surface area (Å²) >= 11 is 3.31. The number of nitrogens with zero attached hydrogens (tertiary/aromatic N) is 1. The molecule has 0 radical (unpaired) electrons. The van der Waals surface area contributed by atoms with E-state index in [9.17, 15) is 9.59 Å². The monoisotopic (exact) mass is 398 g/mol. The van der Waals surface area contributed by atoms with Crippen LogP contribution in [0.25, 0.3) is 10.9 Å². The van der Waals surface area contributed by atoms with Gasteiger partial charge in [0.25, 0.3) is 0 Å². The standard InChI is InChI=1S/C14H14N2O2.C6H5Br/c1-8(17)7-10-3-4-11(9(2)18)14-12(10)5-6-13(15)16-14;7-6-4-2-1-3-5-6/h3-6H,7H2,1-2H3,(H2,15,16);1-5H. The van der Waals surface area contributed by atoms with Crippen LogP contribution in [0.4, 0.5) is 5.82 Å². The van der Waals surface area contributed by atoms with Crippen molar-refractivity contribution in [2.45, 2.75) is 20.3 Å². The number of rotatable bonds is 3. The normalized spacial score (nSPS) is 10.0. The van der Waals surface area contributed by atoms with Crippen LogP contribution in [0.15, 0.2) is 59.1 Å². The van der Waals surface area contributed by atoms with Crippen LogP contribution in [0.3, 0.4) is 0 Å². The Bertz CT molecular complexity index is 908. The average Bonchev–Trinajstić information content (AvgIpc) is 2.55. The van der Waals surface area contributed by atoms with E-state index in [1.807, 2.05) is 36.4 Å². The third-order valence-electron chi connectivity index (χ3n) is 3.52. The number of nitrogen functional groups attached to an aromatic ring is 1. The Labute approximate surface area is 155 Å². The minimum Gasteiger partial charge on any atom is -0.384 e. The molecule has 0 aliphatic heterocycles. The highest BCUT2D eigenvalue weighted by Gasteiger charge is 2.12. The lowest BCUT2D eigenvalue weighted by Crippen LogP contribution is -2.03. The quantitative estimate of drug-likeness (QED) is 0.654. The lowest BCUT2D eigenvalue weighted by molar-refractivity contribution is -0.116. The molecule has 25 heavy (non-hydrogen) atoms. The number of benzene rings is 2.